The average Bonchev–Trinajstić information content (AvgIpc) is 3.25. The standard InChI is InChI=1S/C26H32N2O4/c1-2-3-13-31-14-15-32-24-10-7-19(8-11-24)22-17-21-16-20(26(29)30)6-9-23-5-4-12-28(23)25(21)27-18-22/h7-8,10-11,16-18,23H,2-6,9,12-15H2,1H3,(H,29,30)/t23-/m0/s1. The van der Waals surface area contributed by atoms with Gasteiger partial charge in [-0.15, -0.1) is 0 Å². The number of unbranched alkanes of at least 4 members (excludes halogenated alkanes) is 1. The Morgan fingerprint density at radius 3 is 2.78 bits per heavy atom. The van der Waals surface area contributed by atoms with Gasteiger partial charge in [0.2, 0.25) is 0 Å². The van der Waals surface area contributed by atoms with E-state index in [9.17, 15) is 9.90 Å². The Kier molecular flexibility index (Phi) is 7.43. The highest BCUT2D eigenvalue weighted by molar-refractivity contribution is 5.93. The lowest BCUT2D eigenvalue weighted by Gasteiger charge is -2.29. The zero-order valence-corrected chi connectivity index (χ0v) is 18.8. The number of hydrogen-bond donors (Lipinski definition) is 1. The fourth-order valence-electron chi connectivity index (χ4n) is 4.45. The molecule has 0 aliphatic carbocycles. The van der Waals surface area contributed by atoms with Crippen LogP contribution in [0.2, 0.25) is 0 Å². The van der Waals surface area contributed by atoms with Crippen LogP contribution in [-0.4, -0.2) is 48.5 Å². The zero-order chi connectivity index (χ0) is 22.3. The van der Waals surface area contributed by atoms with Crippen LogP contribution in [0, 0.1) is 0 Å². The number of hydrogen-bond acceptors (Lipinski definition) is 5. The predicted molar refractivity (Wildman–Crippen MR) is 126 cm³/mol. The number of carbonyl (C=O) groups is 1. The van der Waals surface area contributed by atoms with Crippen molar-refractivity contribution in [1.29, 1.82) is 0 Å². The van der Waals surface area contributed by atoms with Gasteiger partial charge in [0.05, 0.1) is 6.61 Å². The predicted octanol–water partition coefficient (Wildman–Crippen LogP) is 5.17. The third-order valence-electron chi connectivity index (χ3n) is 6.22. The molecule has 0 radical (unpaired) electrons. The minimum Gasteiger partial charge on any atom is -0.491 e. The number of fused-ring (bicyclic) bond motifs is 3. The topological polar surface area (TPSA) is 71.9 Å². The minimum absolute atomic E-state index is 0.373. The summed E-state index contributed by atoms with van der Waals surface area (Å²) in [5.74, 6) is 0.866. The van der Waals surface area contributed by atoms with E-state index in [1.165, 1.54) is 0 Å². The minimum atomic E-state index is -0.840. The first-order chi connectivity index (χ1) is 15.7. The molecule has 0 unspecified atom stereocenters. The normalized spacial score (nSPS) is 17.7. The summed E-state index contributed by atoms with van der Waals surface area (Å²) in [6.45, 7) is 5.02. The molecule has 1 saturated heterocycles. The molecule has 1 N–H and O–H groups in total. The molecule has 0 amide bonds. The van der Waals surface area contributed by atoms with Crippen LogP contribution in [0.15, 0.2) is 42.1 Å². The lowest BCUT2D eigenvalue weighted by molar-refractivity contribution is -0.132. The lowest BCUT2D eigenvalue weighted by atomic mass is 9.97. The van der Waals surface area contributed by atoms with Crippen LogP contribution in [0.1, 0.15) is 51.0 Å². The highest BCUT2D eigenvalue weighted by Gasteiger charge is 2.29. The number of aliphatic carboxylic acids is 1. The van der Waals surface area contributed by atoms with Crippen LogP contribution >= 0.6 is 0 Å². The quantitative estimate of drug-likeness (QED) is 0.547. The Balaban J connectivity index is 1.50. The van der Waals surface area contributed by atoms with Gasteiger partial charge in [0.15, 0.2) is 0 Å². The molecule has 1 atom stereocenters. The van der Waals surface area contributed by atoms with Gasteiger partial charge in [0, 0.05) is 42.1 Å². The maximum atomic E-state index is 11.7. The first-order valence-electron chi connectivity index (χ1n) is 11.7. The van der Waals surface area contributed by atoms with E-state index in [2.05, 4.69) is 17.9 Å². The second-order valence-electron chi connectivity index (χ2n) is 8.48. The average molecular weight is 437 g/mol. The molecule has 1 aromatic carbocycles. The number of rotatable bonds is 9. The second kappa shape index (κ2) is 10.6. The van der Waals surface area contributed by atoms with Gasteiger partial charge in [-0.3, -0.25) is 0 Å². The Hall–Kier alpha value is -2.86. The van der Waals surface area contributed by atoms with Crippen molar-refractivity contribution in [1.82, 2.24) is 4.98 Å². The molecule has 0 saturated carbocycles. The number of carboxylic acid groups (broad SMARTS) is 1. The van der Waals surface area contributed by atoms with Crippen LogP contribution in [0.25, 0.3) is 17.2 Å². The van der Waals surface area contributed by atoms with E-state index < -0.39 is 5.97 Å². The summed E-state index contributed by atoms with van der Waals surface area (Å²) < 4.78 is 11.3. The smallest absolute Gasteiger partial charge is 0.331 e. The molecular weight excluding hydrogens is 404 g/mol. The Morgan fingerprint density at radius 1 is 1.16 bits per heavy atom. The Labute approximate surface area is 189 Å². The number of aromatic nitrogens is 1. The van der Waals surface area contributed by atoms with Crippen molar-refractivity contribution >= 4 is 17.9 Å². The van der Waals surface area contributed by atoms with E-state index in [4.69, 9.17) is 14.5 Å². The first-order valence-corrected chi connectivity index (χ1v) is 11.7. The third kappa shape index (κ3) is 5.30. The molecule has 6 heteroatoms. The maximum absolute atomic E-state index is 11.7. The van der Waals surface area contributed by atoms with Crippen LogP contribution in [0.4, 0.5) is 5.82 Å². The molecule has 4 rings (SSSR count). The van der Waals surface area contributed by atoms with Crippen LogP contribution < -0.4 is 9.64 Å². The molecule has 6 nitrogen and oxygen atoms in total. The number of ether oxygens (including phenoxy) is 2. The van der Waals surface area contributed by atoms with E-state index in [1.807, 2.05) is 30.5 Å². The molecule has 2 aliphatic heterocycles. The van der Waals surface area contributed by atoms with Crippen LogP contribution in [0.5, 0.6) is 5.75 Å². The van der Waals surface area contributed by atoms with E-state index in [0.717, 1.165) is 73.5 Å². The van der Waals surface area contributed by atoms with Crippen molar-refractivity contribution in [2.24, 2.45) is 0 Å². The van der Waals surface area contributed by atoms with Gasteiger partial charge in [-0.1, -0.05) is 25.5 Å². The Bertz CT molecular complexity index is 955. The summed E-state index contributed by atoms with van der Waals surface area (Å²) in [4.78, 5) is 18.9. The van der Waals surface area contributed by atoms with E-state index in [-0.39, 0.29) is 0 Å². The zero-order valence-electron chi connectivity index (χ0n) is 18.8. The summed E-state index contributed by atoms with van der Waals surface area (Å²) in [7, 11) is 0. The van der Waals surface area contributed by atoms with E-state index >= 15 is 0 Å². The van der Waals surface area contributed by atoms with Crippen molar-refractivity contribution in [2.75, 3.05) is 31.3 Å². The van der Waals surface area contributed by atoms with E-state index in [1.54, 1.807) is 6.08 Å². The van der Waals surface area contributed by atoms with Crippen LogP contribution in [-0.2, 0) is 9.53 Å². The van der Waals surface area contributed by atoms with Crippen LogP contribution in [0.3, 0.4) is 0 Å². The molecular formula is C26H32N2O4. The lowest BCUT2D eigenvalue weighted by Crippen LogP contribution is -2.31. The fraction of sp³-hybridized carbons (Fsp3) is 0.462. The van der Waals surface area contributed by atoms with Crippen molar-refractivity contribution in [3.63, 3.8) is 0 Å². The van der Waals surface area contributed by atoms with Gasteiger partial charge in [0.1, 0.15) is 18.2 Å². The van der Waals surface area contributed by atoms with Crippen molar-refractivity contribution in [3.8, 4) is 16.9 Å². The van der Waals surface area contributed by atoms with Gasteiger partial charge in [0.25, 0.3) is 0 Å². The highest BCUT2D eigenvalue weighted by Crippen LogP contribution is 2.36. The summed E-state index contributed by atoms with van der Waals surface area (Å²) in [6, 6.07) is 10.4. The van der Waals surface area contributed by atoms with Crippen molar-refractivity contribution in [3.05, 3.63) is 47.7 Å². The SMILES string of the molecule is CCCCOCCOc1ccc(-c2cnc3c(c2)C=C(C(=O)O)CC[C@@H]2CCCN32)cc1. The number of anilines is 1. The summed E-state index contributed by atoms with van der Waals surface area (Å²) in [5.41, 5.74) is 3.34. The van der Waals surface area contributed by atoms with Gasteiger partial charge < -0.3 is 19.5 Å². The molecule has 3 heterocycles. The molecule has 2 aromatic rings. The van der Waals surface area contributed by atoms with Gasteiger partial charge in [-0.05, 0) is 61.9 Å². The summed E-state index contributed by atoms with van der Waals surface area (Å²) >= 11 is 0. The number of carboxylic acids is 1. The van der Waals surface area contributed by atoms with Gasteiger partial charge in [-0.25, -0.2) is 9.78 Å². The monoisotopic (exact) mass is 436 g/mol. The maximum Gasteiger partial charge on any atom is 0.331 e. The van der Waals surface area contributed by atoms with Crippen molar-refractivity contribution < 1.29 is 19.4 Å². The highest BCUT2D eigenvalue weighted by atomic mass is 16.5. The number of pyridine rings is 1. The summed E-state index contributed by atoms with van der Waals surface area (Å²) in [6.07, 6.45) is 9.58. The summed E-state index contributed by atoms with van der Waals surface area (Å²) in [5, 5.41) is 9.64. The molecule has 1 fully saturated rings. The van der Waals surface area contributed by atoms with Gasteiger partial charge >= 0.3 is 5.97 Å². The van der Waals surface area contributed by atoms with E-state index in [0.29, 0.717) is 31.2 Å². The fourth-order valence-corrected chi connectivity index (χ4v) is 4.45. The molecule has 0 bridgehead atoms. The molecule has 1 aromatic heterocycles. The number of nitrogens with zero attached hydrogens (tertiary/aromatic N) is 2. The first kappa shape index (κ1) is 22.3. The molecule has 170 valence electrons. The Morgan fingerprint density at radius 2 is 2.00 bits per heavy atom. The van der Waals surface area contributed by atoms with Gasteiger partial charge in [-0.2, -0.15) is 0 Å². The van der Waals surface area contributed by atoms with Crippen molar-refractivity contribution in [2.45, 2.75) is 51.5 Å². The molecule has 2 aliphatic rings. The molecule has 0 spiro atoms. The molecule has 32 heavy (non-hydrogen) atoms. The second-order valence-corrected chi connectivity index (χ2v) is 8.48. The largest absolute Gasteiger partial charge is 0.491 e. The third-order valence-corrected chi connectivity index (χ3v) is 6.22. The number of benzene rings is 1.